The van der Waals surface area contributed by atoms with Crippen LogP contribution < -0.4 is 20.5 Å². The number of nitrogens with two attached hydrogens (primary N) is 1. The van der Waals surface area contributed by atoms with Gasteiger partial charge in [0, 0.05) is 18.0 Å². The van der Waals surface area contributed by atoms with Gasteiger partial charge in [0.15, 0.2) is 11.5 Å². The molecule has 1 aromatic heterocycles. The number of fused-ring (bicyclic) bond motifs is 1. The summed E-state index contributed by atoms with van der Waals surface area (Å²) in [6.45, 7) is 1.58. The number of carbonyl (C=O) groups excluding carboxylic acids is 2. The number of amides is 2. The maximum absolute atomic E-state index is 12.8. The standard InChI is InChI=1S/C18H21N3O4S.ClH/c1-21-8-7-10-13(9-21)26-18(14(10)16(19)22)20-17(23)11-5-4-6-12(24-2)15(11)25-3;/h4-6H,7-9H2,1-3H3,(H2,19,22)(H,20,23);1H. The molecule has 0 spiro atoms. The lowest BCUT2D eigenvalue weighted by molar-refractivity contribution is 0.1000. The number of rotatable bonds is 5. The minimum Gasteiger partial charge on any atom is -0.493 e. The molecule has 27 heavy (non-hydrogen) atoms. The molecule has 0 unspecified atom stereocenters. The van der Waals surface area contributed by atoms with Crippen molar-refractivity contribution in [2.45, 2.75) is 13.0 Å². The summed E-state index contributed by atoms with van der Waals surface area (Å²) in [6.07, 6.45) is 0.735. The lowest BCUT2D eigenvalue weighted by Gasteiger charge is -2.22. The molecule has 1 aromatic carbocycles. The third kappa shape index (κ3) is 4.02. The van der Waals surface area contributed by atoms with E-state index in [0.717, 1.165) is 30.0 Å². The average molecular weight is 412 g/mol. The Morgan fingerprint density at radius 3 is 2.63 bits per heavy atom. The van der Waals surface area contributed by atoms with Gasteiger partial charge in [-0.05, 0) is 31.2 Å². The lowest BCUT2D eigenvalue weighted by atomic mass is 10.0. The fourth-order valence-electron chi connectivity index (χ4n) is 3.12. The first kappa shape index (κ1) is 21.0. The van der Waals surface area contributed by atoms with E-state index in [1.54, 1.807) is 18.2 Å². The average Bonchev–Trinajstić information content (AvgIpc) is 2.97. The molecule has 2 heterocycles. The highest BCUT2D eigenvalue weighted by Gasteiger charge is 2.27. The van der Waals surface area contributed by atoms with Crippen LogP contribution in [0.1, 0.15) is 31.2 Å². The predicted molar refractivity (Wildman–Crippen MR) is 108 cm³/mol. The van der Waals surface area contributed by atoms with Crippen LogP contribution in [0.25, 0.3) is 0 Å². The van der Waals surface area contributed by atoms with Crippen molar-refractivity contribution in [2.75, 3.05) is 33.1 Å². The molecule has 3 rings (SSSR count). The zero-order chi connectivity index (χ0) is 18.8. The van der Waals surface area contributed by atoms with E-state index in [4.69, 9.17) is 15.2 Å². The second-order valence-corrected chi connectivity index (χ2v) is 7.16. The topological polar surface area (TPSA) is 93.9 Å². The van der Waals surface area contributed by atoms with E-state index >= 15 is 0 Å². The van der Waals surface area contributed by atoms with Crippen LogP contribution in [0.2, 0.25) is 0 Å². The summed E-state index contributed by atoms with van der Waals surface area (Å²) in [5.41, 5.74) is 7.27. The highest BCUT2D eigenvalue weighted by Crippen LogP contribution is 2.38. The Morgan fingerprint density at radius 2 is 2.00 bits per heavy atom. The number of para-hydroxylation sites is 1. The first-order chi connectivity index (χ1) is 12.5. The number of halogens is 1. The highest BCUT2D eigenvalue weighted by molar-refractivity contribution is 7.17. The third-order valence-electron chi connectivity index (χ3n) is 4.37. The Balaban J connectivity index is 0.00000261. The van der Waals surface area contributed by atoms with Crippen LogP contribution >= 0.6 is 23.7 Å². The molecule has 2 aromatic rings. The summed E-state index contributed by atoms with van der Waals surface area (Å²) in [5.74, 6) is -0.105. The first-order valence-corrected chi connectivity index (χ1v) is 8.93. The maximum atomic E-state index is 12.8. The number of carbonyl (C=O) groups is 2. The molecule has 9 heteroatoms. The van der Waals surface area contributed by atoms with Gasteiger partial charge in [-0.1, -0.05) is 6.07 Å². The van der Waals surface area contributed by atoms with Crippen molar-refractivity contribution >= 4 is 40.6 Å². The number of nitrogens with zero attached hydrogens (tertiary/aromatic N) is 1. The van der Waals surface area contributed by atoms with Crippen LogP contribution in [0.3, 0.4) is 0 Å². The molecule has 7 nitrogen and oxygen atoms in total. The van der Waals surface area contributed by atoms with Gasteiger partial charge >= 0.3 is 0 Å². The minimum absolute atomic E-state index is 0. The molecule has 146 valence electrons. The highest BCUT2D eigenvalue weighted by atomic mass is 35.5. The smallest absolute Gasteiger partial charge is 0.260 e. The van der Waals surface area contributed by atoms with Gasteiger partial charge in [-0.3, -0.25) is 9.59 Å². The molecule has 1 aliphatic heterocycles. The molecule has 0 atom stereocenters. The van der Waals surface area contributed by atoms with Gasteiger partial charge < -0.3 is 25.4 Å². The minimum atomic E-state index is -0.528. The van der Waals surface area contributed by atoms with Crippen molar-refractivity contribution in [2.24, 2.45) is 5.73 Å². The Hall–Kier alpha value is -2.29. The van der Waals surface area contributed by atoms with E-state index in [1.807, 2.05) is 7.05 Å². The molecule has 0 saturated heterocycles. The number of nitrogens with one attached hydrogen (secondary N) is 1. The second-order valence-electron chi connectivity index (χ2n) is 6.06. The number of methoxy groups -OCH3 is 2. The zero-order valence-corrected chi connectivity index (χ0v) is 17.0. The van der Waals surface area contributed by atoms with Gasteiger partial charge in [0.2, 0.25) is 0 Å². The van der Waals surface area contributed by atoms with E-state index in [9.17, 15) is 9.59 Å². The number of ether oxygens (including phenoxy) is 2. The van der Waals surface area contributed by atoms with Gasteiger partial charge in [-0.25, -0.2) is 0 Å². The van der Waals surface area contributed by atoms with Crippen molar-refractivity contribution < 1.29 is 19.1 Å². The van der Waals surface area contributed by atoms with Gasteiger partial charge in [-0.2, -0.15) is 0 Å². The normalized spacial score (nSPS) is 13.3. The number of anilines is 1. The quantitative estimate of drug-likeness (QED) is 0.788. The molecule has 1 aliphatic rings. The first-order valence-electron chi connectivity index (χ1n) is 8.11. The Bertz CT molecular complexity index is 869. The molecular formula is C18H22ClN3O4S. The van der Waals surface area contributed by atoms with Crippen LogP contribution in [0.15, 0.2) is 18.2 Å². The van der Waals surface area contributed by atoms with Crippen LogP contribution in [-0.4, -0.2) is 44.5 Å². The summed E-state index contributed by atoms with van der Waals surface area (Å²) in [5, 5.41) is 3.31. The van der Waals surface area contributed by atoms with Crippen molar-refractivity contribution in [3.05, 3.63) is 39.8 Å². The predicted octanol–water partition coefficient (Wildman–Crippen LogP) is 2.53. The summed E-state index contributed by atoms with van der Waals surface area (Å²) < 4.78 is 10.6. The van der Waals surface area contributed by atoms with Crippen LogP contribution in [0.5, 0.6) is 11.5 Å². The van der Waals surface area contributed by atoms with Gasteiger partial charge in [0.25, 0.3) is 11.8 Å². The van der Waals surface area contributed by atoms with Gasteiger partial charge in [0.05, 0.1) is 25.3 Å². The van der Waals surface area contributed by atoms with Crippen LogP contribution in [0.4, 0.5) is 5.00 Å². The Kier molecular flexibility index (Phi) is 6.69. The van der Waals surface area contributed by atoms with Gasteiger partial charge in [-0.15, -0.1) is 23.7 Å². The molecule has 0 bridgehead atoms. The summed E-state index contributed by atoms with van der Waals surface area (Å²) >= 11 is 1.39. The second kappa shape index (κ2) is 8.60. The van der Waals surface area contributed by atoms with Crippen LogP contribution in [0, 0.1) is 0 Å². The van der Waals surface area contributed by atoms with E-state index in [2.05, 4.69) is 10.2 Å². The summed E-state index contributed by atoms with van der Waals surface area (Å²) in [6, 6.07) is 5.06. The zero-order valence-electron chi connectivity index (χ0n) is 15.3. The van der Waals surface area contributed by atoms with E-state index in [1.165, 1.54) is 25.6 Å². The van der Waals surface area contributed by atoms with Crippen molar-refractivity contribution in [3.63, 3.8) is 0 Å². The SMILES string of the molecule is COc1cccc(C(=O)Nc2sc3c(c2C(N)=O)CCN(C)C3)c1OC.Cl. The third-order valence-corrected chi connectivity index (χ3v) is 5.50. The summed E-state index contributed by atoms with van der Waals surface area (Å²) in [7, 11) is 5.00. The van der Waals surface area contributed by atoms with E-state index in [0.29, 0.717) is 27.6 Å². The van der Waals surface area contributed by atoms with Crippen LogP contribution in [-0.2, 0) is 13.0 Å². The fraction of sp³-hybridized carbons (Fsp3) is 0.333. The Labute approximate surface area is 167 Å². The number of likely N-dealkylation sites (N-methyl/N-ethyl adjacent to an activating group) is 1. The molecule has 0 saturated carbocycles. The molecule has 0 fully saturated rings. The molecular weight excluding hydrogens is 390 g/mol. The number of primary amides is 1. The summed E-state index contributed by atoms with van der Waals surface area (Å²) in [4.78, 5) is 28.0. The van der Waals surface area contributed by atoms with Crippen molar-refractivity contribution in [1.82, 2.24) is 4.90 Å². The molecule has 3 N–H and O–H groups in total. The van der Waals surface area contributed by atoms with E-state index in [-0.39, 0.29) is 18.3 Å². The van der Waals surface area contributed by atoms with Crippen molar-refractivity contribution in [1.29, 1.82) is 0 Å². The number of hydrogen-bond donors (Lipinski definition) is 2. The molecule has 0 radical (unpaired) electrons. The molecule has 0 aliphatic carbocycles. The Morgan fingerprint density at radius 1 is 1.26 bits per heavy atom. The van der Waals surface area contributed by atoms with Crippen molar-refractivity contribution in [3.8, 4) is 11.5 Å². The number of thiophene rings is 1. The van der Waals surface area contributed by atoms with Gasteiger partial charge in [0.1, 0.15) is 5.00 Å². The lowest BCUT2D eigenvalue weighted by Crippen LogP contribution is -2.27. The maximum Gasteiger partial charge on any atom is 0.260 e. The van der Waals surface area contributed by atoms with E-state index < -0.39 is 5.91 Å². The number of benzene rings is 1. The molecule has 2 amide bonds. The number of hydrogen-bond acceptors (Lipinski definition) is 6. The largest absolute Gasteiger partial charge is 0.493 e. The monoisotopic (exact) mass is 411 g/mol. The fourth-order valence-corrected chi connectivity index (χ4v) is 4.44.